The molecule has 2 aliphatic heterocycles. The van der Waals surface area contributed by atoms with Gasteiger partial charge >= 0.3 is 0 Å². The number of nitrogens with zero attached hydrogens (tertiary/aromatic N) is 3. The molecule has 0 aromatic heterocycles. The van der Waals surface area contributed by atoms with Crippen molar-refractivity contribution in [2.75, 3.05) is 18.6 Å². The Morgan fingerprint density at radius 1 is 1.13 bits per heavy atom. The van der Waals surface area contributed by atoms with Gasteiger partial charge in [0.05, 0.1) is 24.2 Å². The van der Waals surface area contributed by atoms with E-state index in [1.54, 1.807) is 12.0 Å². The number of rotatable bonds is 6. The first-order valence-electron chi connectivity index (χ1n) is 13.3. The lowest BCUT2D eigenvalue weighted by molar-refractivity contribution is -0.122. The minimum Gasteiger partial charge on any atom is -0.497 e. The zero-order valence-corrected chi connectivity index (χ0v) is 24.6. The average Bonchev–Trinajstić information content (AvgIpc) is 3.19. The Labute approximate surface area is 240 Å². The van der Waals surface area contributed by atoms with Gasteiger partial charge in [-0.25, -0.2) is 4.99 Å². The molecule has 0 saturated carbocycles. The monoisotopic (exact) mass is 559 g/mol. The molecule has 0 bridgehead atoms. The summed E-state index contributed by atoms with van der Waals surface area (Å²) in [6, 6.07) is 21.7. The fourth-order valence-electron chi connectivity index (χ4n) is 5.63. The molecule has 1 atom stereocenters. The van der Waals surface area contributed by atoms with E-state index in [2.05, 4.69) is 44.7 Å². The van der Waals surface area contributed by atoms with Crippen molar-refractivity contribution in [1.29, 1.82) is 0 Å². The van der Waals surface area contributed by atoms with E-state index in [4.69, 9.17) is 21.3 Å². The Balaban J connectivity index is 1.52. The number of amides is 1. The molecule has 0 N–H and O–H groups in total. The average molecular weight is 560 g/mol. The number of methoxy groups -OCH3 is 1. The molecule has 2 heterocycles. The van der Waals surface area contributed by atoms with Gasteiger partial charge in [0.15, 0.2) is 5.17 Å². The van der Waals surface area contributed by atoms with Crippen molar-refractivity contribution in [2.24, 2.45) is 4.99 Å². The smallest absolute Gasteiger partial charge is 0.267 e. The van der Waals surface area contributed by atoms with Crippen LogP contribution in [0.1, 0.15) is 56.7 Å². The number of fused-ring (bicyclic) bond motifs is 1. The molecule has 5 rings (SSSR count). The molecule has 202 valence electrons. The first-order chi connectivity index (χ1) is 18.7. The lowest BCUT2D eigenvalue weighted by Crippen LogP contribution is -2.48. The van der Waals surface area contributed by atoms with Crippen LogP contribution in [0.4, 0.5) is 11.4 Å². The highest BCUT2D eigenvalue weighted by molar-refractivity contribution is 8.18. The number of thioether (sulfide) groups is 1. The Morgan fingerprint density at radius 3 is 2.51 bits per heavy atom. The highest BCUT2D eigenvalue weighted by atomic mass is 35.5. The largest absolute Gasteiger partial charge is 0.497 e. The van der Waals surface area contributed by atoms with Crippen LogP contribution >= 0.6 is 23.4 Å². The number of ether oxygens (including phenoxy) is 1. The molecule has 39 heavy (non-hydrogen) atoms. The number of para-hydroxylation sites is 1. The van der Waals surface area contributed by atoms with Gasteiger partial charge in [0.1, 0.15) is 5.75 Å². The van der Waals surface area contributed by atoms with Crippen LogP contribution in [0.3, 0.4) is 0 Å². The van der Waals surface area contributed by atoms with Crippen LogP contribution < -0.4 is 9.64 Å². The highest BCUT2D eigenvalue weighted by Gasteiger charge is 2.37. The number of hydrogen-bond donors (Lipinski definition) is 0. The molecule has 1 saturated heterocycles. The van der Waals surface area contributed by atoms with Crippen LogP contribution in [-0.2, 0) is 11.3 Å². The molecular weight excluding hydrogens is 526 g/mol. The number of anilines is 1. The van der Waals surface area contributed by atoms with E-state index < -0.39 is 0 Å². The lowest BCUT2D eigenvalue weighted by atomic mass is 9.79. The third-order valence-electron chi connectivity index (χ3n) is 7.48. The summed E-state index contributed by atoms with van der Waals surface area (Å²) in [4.78, 5) is 23.4. The van der Waals surface area contributed by atoms with Crippen LogP contribution in [-0.4, -0.2) is 35.2 Å². The Hall–Kier alpha value is -3.22. The number of halogens is 1. The van der Waals surface area contributed by atoms with Crippen molar-refractivity contribution in [3.05, 3.63) is 93.3 Å². The molecule has 0 spiro atoms. The van der Waals surface area contributed by atoms with Gasteiger partial charge < -0.3 is 9.64 Å². The molecule has 3 aromatic rings. The van der Waals surface area contributed by atoms with Crippen molar-refractivity contribution in [3.8, 4) is 5.75 Å². The summed E-state index contributed by atoms with van der Waals surface area (Å²) in [5, 5.41) is 1.29. The predicted molar refractivity (Wildman–Crippen MR) is 164 cm³/mol. The highest BCUT2D eigenvalue weighted by Crippen LogP contribution is 2.46. The summed E-state index contributed by atoms with van der Waals surface area (Å²) < 4.78 is 5.29. The number of benzene rings is 3. The summed E-state index contributed by atoms with van der Waals surface area (Å²) >= 11 is 8.25. The van der Waals surface area contributed by atoms with E-state index in [9.17, 15) is 4.79 Å². The molecular formula is C32H34ClN3O2S. The Kier molecular flexibility index (Phi) is 7.79. The second kappa shape index (κ2) is 11.1. The van der Waals surface area contributed by atoms with Gasteiger partial charge in [-0.15, -0.1) is 0 Å². The van der Waals surface area contributed by atoms with Gasteiger partial charge in [-0.3, -0.25) is 9.69 Å². The van der Waals surface area contributed by atoms with E-state index in [1.165, 1.54) is 23.0 Å². The van der Waals surface area contributed by atoms with Gasteiger partial charge in [0.2, 0.25) is 0 Å². The molecule has 1 unspecified atom stereocenters. The normalized spacial score (nSPS) is 20.6. The summed E-state index contributed by atoms with van der Waals surface area (Å²) in [7, 11) is 1.64. The molecule has 5 nitrogen and oxygen atoms in total. The van der Waals surface area contributed by atoms with E-state index in [0.29, 0.717) is 27.6 Å². The molecule has 7 heteroatoms. The quantitative estimate of drug-likeness (QED) is 0.285. The predicted octanol–water partition coefficient (Wildman–Crippen LogP) is 8.26. The summed E-state index contributed by atoms with van der Waals surface area (Å²) in [6.07, 6.45) is 2.98. The fourth-order valence-corrected chi connectivity index (χ4v) is 6.83. The lowest BCUT2D eigenvalue weighted by Gasteiger charge is -2.47. The zero-order chi connectivity index (χ0) is 27.7. The first-order valence-corrected chi connectivity index (χ1v) is 14.5. The SMILES string of the molecule is CCN1c2cc(Cl)c(/C=C3/SC(=Nc4ccccc4)N(Cc4ccc(OC)cc4)C3=O)cc2C(C)CC1(C)C. The standard InChI is InChI=1S/C32H34ClN3O2S/c1-6-36-28-18-27(33)23(16-26(28)21(2)19-32(36,3)4)17-29-30(37)35(20-22-12-14-25(38-5)15-13-22)31(39-29)34-24-10-8-7-9-11-24/h7-18,21H,6,19-20H2,1-5H3/b29-17+,34-31?. The third kappa shape index (κ3) is 5.59. The van der Waals surface area contributed by atoms with E-state index >= 15 is 0 Å². The van der Waals surface area contributed by atoms with Gasteiger partial charge in [-0.1, -0.05) is 48.9 Å². The second-order valence-corrected chi connectivity index (χ2v) is 12.1. The van der Waals surface area contributed by atoms with Gasteiger partial charge in [0, 0.05) is 22.8 Å². The van der Waals surface area contributed by atoms with E-state index in [-0.39, 0.29) is 11.4 Å². The maximum absolute atomic E-state index is 13.8. The van der Waals surface area contributed by atoms with Crippen LogP contribution in [0.25, 0.3) is 6.08 Å². The van der Waals surface area contributed by atoms with E-state index in [0.717, 1.165) is 35.5 Å². The number of carbonyl (C=O) groups is 1. The number of carbonyl (C=O) groups excluding carboxylic acids is 1. The molecule has 0 radical (unpaired) electrons. The maximum Gasteiger partial charge on any atom is 0.267 e. The third-order valence-corrected chi connectivity index (χ3v) is 8.81. The minimum absolute atomic E-state index is 0.0620. The van der Waals surface area contributed by atoms with Gasteiger partial charge in [0.25, 0.3) is 5.91 Å². The van der Waals surface area contributed by atoms with Crippen molar-refractivity contribution in [3.63, 3.8) is 0 Å². The maximum atomic E-state index is 13.8. The molecule has 3 aromatic carbocycles. The Morgan fingerprint density at radius 2 is 1.85 bits per heavy atom. The van der Waals surface area contributed by atoms with Crippen molar-refractivity contribution in [1.82, 2.24) is 4.90 Å². The molecule has 1 fully saturated rings. The summed E-state index contributed by atoms with van der Waals surface area (Å²) in [6.45, 7) is 10.4. The van der Waals surface area contributed by atoms with Crippen molar-refractivity contribution in [2.45, 2.75) is 52.1 Å². The fraction of sp³-hybridized carbons (Fsp3) is 0.312. The minimum atomic E-state index is -0.0800. The number of amidine groups is 1. The molecule has 0 aliphatic carbocycles. The summed E-state index contributed by atoms with van der Waals surface area (Å²) in [5.41, 5.74) is 5.18. The topological polar surface area (TPSA) is 45.1 Å². The summed E-state index contributed by atoms with van der Waals surface area (Å²) in [5.74, 6) is 1.09. The van der Waals surface area contributed by atoms with Gasteiger partial charge in [-0.2, -0.15) is 0 Å². The van der Waals surface area contributed by atoms with Crippen LogP contribution in [0, 0.1) is 0 Å². The van der Waals surface area contributed by atoms with Crippen LogP contribution in [0.5, 0.6) is 5.75 Å². The number of hydrogen-bond acceptors (Lipinski definition) is 5. The molecule has 1 amide bonds. The van der Waals surface area contributed by atoms with Crippen molar-refractivity contribution < 1.29 is 9.53 Å². The van der Waals surface area contributed by atoms with E-state index in [1.807, 2.05) is 60.7 Å². The first kappa shape index (κ1) is 27.4. The van der Waals surface area contributed by atoms with Crippen LogP contribution in [0.15, 0.2) is 76.6 Å². The second-order valence-electron chi connectivity index (χ2n) is 10.7. The number of aliphatic imine (C=N–C) groups is 1. The van der Waals surface area contributed by atoms with Crippen LogP contribution in [0.2, 0.25) is 5.02 Å². The zero-order valence-electron chi connectivity index (χ0n) is 23.1. The van der Waals surface area contributed by atoms with Crippen molar-refractivity contribution >= 4 is 51.9 Å². The van der Waals surface area contributed by atoms with Gasteiger partial charge in [-0.05, 0) is 104 Å². The molecule has 2 aliphatic rings. The Bertz CT molecular complexity index is 1430.